The number of aliphatic hydroxyl groups is 1. The van der Waals surface area contributed by atoms with Gasteiger partial charge in [0.2, 0.25) is 10.0 Å². The van der Waals surface area contributed by atoms with E-state index in [4.69, 9.17) is 0 Å². The van der Waals surface area contributed by atoms with Gasteiger partial charge in [-0.1, -0.05) is 36.4 Å². The van der Waals surface area contributed by atoms with Crippen molar-refractivity contribution in [2.45, 2.75) is 5.60 Å². The largest absolute Gasteiger partial charge is 0.378 e. The van der Waals surface area contributed by atoms with Crippen LogP contribution in [-0.4, -0.2) is 20.1 Å². The Hall–Kier alpha value is -1.77. The molecule has 2 aromatic heterocycles. The zero-order valence-corrected chi connectivity index (χ0v) is 15.7. The van der Waals surface area contributed by atoms with Crippen LogP contribution in [0.15, 0.2) is 70.1 Å². The molecule has 0 aliphatic rings. The lowest BCUT2D eigenvalue weighted by molar-refractivity contribution is 0.0904. The Kier molecular flexibility index (Phi) is 5.51. The van der Waals surface area contributed by atoms with Crippen molar-refractivity contribution in [2.24, 2.45) is 0 Å². The van der Waals surface area contributed by atoms with Crippen molar-refractivity contribution < 1.29 is 13.5 Å². The smallest absolute Gasteiger partial charge is 0.233 e. The minimum Gasteiger partial charge on any atom is -0.378 e. The molecule has 0 aliphatic carbocycles. The van der Waals surface area contributed by atoms with Crippen LogP contribution in [0, 0.1) is 0 Å². The number of nitrogens with one attached hydrogen (secondary N) is 1. The lowest BCUT2D eigenvalue weighted by Crippen LogP contribution is -2.40. The zero-order chi connectivity index (χ0) is 17.8. The van der Waals surface area contributed by atoms with Gasteiger partial charge in [0, 0.05) is 22.4 Å². The van der Waals surface area contributed by atoms with Crippen LogP contribution in [0.5, 0.6) is 0 Å². The van der Waals surface area contributed by atoms with Crippen molar-refractivity contribution in [1.82, 2.24) is 4.72 Å². The quantitative estimate of drug-likeness (QED) is 0.646. The zero-order valence-electron chi connectivity index (χ0n) is 13.2. The average molecular weight is 392 g/mol. The summed E-state index contributed by atoms with van der Waals surface area (Å²) in [6.45, 7) is -0.133. The van der Waals surface area contributed by atoms with Gasteiger partial charge in [0.05, 0.1) is 0 Å². The van der Waals surface area contributed by atoms with E-state index in [1.54, 1.807) is 12.1 Å². The van der Waals surface area contributed by atoms with Gasteiger partial charge in [0.15, 0.2) is 0 Å². The predicted octanol–water partition coefficient (Wildman–Crippen LogP) is 3.64. The molecule has 0 saturated carbocycles. The topological polar surface area (TPSA) is 66.4 Å². The van der Waals surface area contributed by atoms with Crippen LogP contribution in [0.4, 0.5) is 0 Å². The molecular formula is C18H17NO3S3. The maximum absolute atomic E-state index is 12.3. The van der Waals surface area contributed by atoms with Crippen LogP contribution in [0.2, 0.25) is 0 Å². The average Bonchev–Trinajstić information content (AvgIpc) is 3.33. The molecule has 3 rings (SSSR count). The van der Waals surface area contributed by atoms with E-state index in [-0.39, 0.29) is 6.54 Å². The molecule has 2 N–H and O–H groups in total. The van der Waals surface area contributed by atoms with Crippen LogP contribution >= 0.6 is 22.7 Å². The fraction of sp³-hybridized carbons (Fsp3) is 0.111. The van der Waals surface area contributed by atoms with Crippen LogP contribution in [0.25, 0.3) is 6.08 Å². The molecule has 0 fully saturated rings. The monoisotopic (exact) mass is 391 g/mol. The number of benzene rings is 1. The summed E-state index contributed by atoms with van der Waals surface area (Å²) in [4.78, 5) is 0.695. The van der Waals surface area contributed by atoms with Crippen molar-refractivity contribution >= 4 is 38.8 Å². The Morgan fingerprint density at radius 1 is 1.08 bits per heavy atom. The molecule has 0 spiro atoms. The van der Waals surface area contributed by atoms with Crippen molar-refractivity contribution in [1.29, 1.82) is 0 Å². The van der Waals surface area contributed by atoms with Crippen LogP contribution in [0.1, 0.15) is 16.0 Å². The number of hydrogen-bond acceptors (Lipinski definition) is 5. The van der Waals surface area contributed by atoms with Gasteiger partial charge in [-0.15, -0.1) is 11.3 Å². The normalized spacial score (nSPS) is 14.6. The van der Waals surface area contributed by atoms with Gasteiger partial charge in [-0.3, -0.25) is 0 Å². The number of hydrogen-bond donors (Lipinski definition) is 2. The van der Waals surface area contributed by atoms with Gasteiger partial charge in [-0.25, -0.2) is 13.1 Å². The molecule has 25 heavy (non-hydrogen) atoms. The van der Waals surface area contributed by atoms with Crippen LogP contribution in [0.3, 0.4) is 0 Å². The summed E-state index contributed by atoms with van der Waals surface area (Å²) in [7, 11) is -3.68. The van der Waals surface area contributed by atoms with Crippen LogP contribution in [-0.2, 0) is 15.6 Å². The predicted molar refractivity (Wildman–Crippen MR) is 104 cm³/mol. The van der Waals surface area contributed by atoms with Crippen molar-refractivity contribution in [3.63, 3.8) is 0 Å². The summed E-state index contributed by atoms with van der Waals surface area (Å²) in [6, 6.07) is 14.6. The highest BCUT2D eigenvalue weighted by Gasteiger charge is 2.34. The molecule has 4 nitrogen and oxygen atoms in total. The SMILES string of the molecule is O=S(=O)(/C=C/c1ccccc1)NC[C@](O)(c1ccsc1)c1cccs1. The Morgan fingerprint density at radius 3 is 2.52 bits per heavy atom. The second-order valence-corrected chi connectivity index (χ2v) is 8.81. The molecule has 0 amide bonds. The molecule has 3 aromatic rings. The maximum Gasteiger partial charge on any atom is 0.233 e. The third-order valence-corrected chi connectivity index (χ3v) is 6.44. The second kappa shape index (κ2) is 7.63. The molecular weight excluding hydrogens is 374 g/mol. The van der Waals surface area contributed by atoms with Crippen molar-refractivity contribution in [3.8, 4) is 0 Å². The third-order valence-electron chi connectivity index (χ3n) is 3.70. The van der Waals surface area contributed by atoms with Gasteiger partial charge in [0.25, 0.3) is 0 Å². The molecule has 0 unspecified atom stereocenters. The van der Waals surface area contributed by atoms with E-state index in [1.807, 2.05) is 52.5 Å². The van der Waals surface area contributed by atoms with Gasteiger partial charge in [0.1, 0.15) is 5.60 Å². The van der Waals surface area contributed by atoms with E-state index in [0.29, 0.717) is 10.4 Å². The highest BCUT2D eigenvalue weighted by molar-refractivity contribution is 7.92. The maximum atomic E-state index is 12.3. The molecule has 1 aromatic carbocycles. The summed E-state index contributed by atoms with van der Waals surface area (Å²) in [5.41, 5.74) is 0.0795. The Bertz CT molecular complexity index is 881. The fourth-order valence-corrected chi connectivity index (χ4v) is 4.74. The molecule has 130 valence electrons. The molecule has 0 bridgehead atoms. The lowest BCUT2D eigenvalue weighted by atomic mass is 9.95. The highest BCUT2D eigenvalue weighted by atomic mass is 32.2. The van der Waals surface area contributed by atoms with Crippen LogP contribution < -0.4 is 4.72 Å². The van der Waals surface area contributed by atoms with Gasteiger partial charge < -0.3 is 5.11 Å². The van der Waals surface area contributed by atoms with E-state index in [9.17, 15) is 13.5 Å². The Morgan fingerprint density at radius 2 is 1.88 bits per heavy atom. The van der Waals surface area contributed by atoms with Crippen molar-refractivity contribution in [2.75, 3.05) is 6.54 Å². The fourth-order valence-electron chi connectivity index (χ4n) is 2.33. The first-order valence-corrected chi connectivity index (χ1v) is 10.9. The van der Waals surface area contributed by atoms with Gasteiger partial charge in [-0.05, 0) is 39.9 Å². The first-order chi connectivity index (χ1) is 12.0. The summed E-state index contributed by atoms with van der Waals surface area (Å²) in [6.07, 6.45) is 1.52. The lowest BCUT2D eigenvalue weighted by Gasteiger charge is -2.26. The Labute approximate surface area is 155 Å². The number of thiophene rings is 2. The minimum atomic E-state index is -3.68. The van der Waals surface area contributed by atoms with E-state index < -0.39 is 15.6 Å². The first-order valence-electron chi connectivity index (χ1n) is 7.51. The summed E-state index contributed by atoms with van der Waals surface area (Å²) in [5.74, 6) is 0. The molecule has 0 radical (unpaired) electrons. The minimum absolute atomic E-state index is 0.133. The molecule has 1 atom stereocenters. The molecule has 0 aliphatic heterocycles. The van der Waals surface area contributed by atoms with E-state index >= 15 is 0 Å². The van der Waals surface area contributed by atoms with Crippen molar-refractivity contribution in [3.05, 3.63) is 86.1 Å². The third kappa shape index (κ3) is 4.45. The Balaban J connectivity index is 1.78. The molecule has 0 saturated heterocycles. The standard InChI is InChI=1S/C18H17NO3S3/c20-18(16-8-11-23-13-16,17-7-4-10-24-17)14-19-25(21,22)12-9-15-5-2-1-3-6-15/h1-13,19-20H,14H2/b12-9+/t18-/m0/s1. The first kappa shape index (κ1) is 18.0. The van der Waals surface area contributed by atoms with E-state index in [2.05, 4.69) is 4.72 Å². The number of sulfonamides is 1. The summed E-state index contributed by atoms with van der Waals surface area (Å²) in [5, 5.41) is 17.8. The van der Waals surface area contributed by atoms with E-state index in [0.717, 1.165) is 11.0 Å². The number of rotatable bonds is 7. The highest BCUT2D eigenvalue weighted by Crippen LogP contribution is 2.33. The second-order valence-electron chi connectivity index (χ2n) is 5.43. The van der Waals surface area contributed by atoms with E-state index in [1.165, 1.54) is 28.7 Å². The summed E-state index contributed by atoms with van der Waals surface area (Å²) < 4.78 is 27.1. The van der Waals surface area contributed by atoms with Gasteiger partial charge in [-0.2, -0.15) is 11.3 Å². The van der Waals surface area contributed by atoms with Gasteiger partial charge >= 0.3 is 0 Å². The molecule has 2 heterocycles. The molecule has 7 heteroatoms. The summed E-state index contributed by atoms with van der Waals surface area (Å²) >= 11 is 2.85.